The zero-order chi connectivity index (χ0) is 23.3. The molecule has 1 aliphatic heterocycles. The van der Waals surface area contributed by atoms with E-state index >= 15 is 0 Å². The number of ether oxygens (including phenoxy) is 2. The topological polar surface area (TPSA) is 108 Å². The number of hydrogen-bond acceptors (Lipinski definition) is 7. The van der Waals surface area contributed by atoms with E-state index in [4.69, 9.17) is 20.2 Å². The Morgan fingerprint density at radius 1 is 1.24 bits per heavy atom. The summed E-state index contributed by atoms with van der Waals surface area (Å²) < 4.78 is 13.0. The van der Waals surface area contributed by atoms with Crippen molar-refractivity contribution in [2.24, 2.45) is 11.7 Å². The van der Waals surface area contributed by atoms with Crippen LogP contribution in [-0.2, 0) is 12.2 Å². The lowest BCUT2D eigenvalue weighted by atomic mass is 10.0. The number of carbonyl (C=O) groups is 1. The van der Waals surface area contributed by atoms with Crippen molar-refractivity contribution in [1.29, 1.82) is 0 Å². The highest BCUT2D eigenvalue weighted by Crippen LogP contribution is 2.36. The minimum absolute atomic E-state index is 0.0859. The van der Waals surface area contributed by atoms with Gasteiger partial charge in [0.2, 0.25) is 0 Å². The molecule has 1 fully saturated rings. The highest BCUT2D eigenvalue weighted by Gasteiger charge is 2.33. The number of rotatable bonds is 7. The minimum Gasteiger partial charge on any atom is -0.488 e. The summed E-state index contributed by atoms with van der Waals surface area (Å²) in [4.78, 5) is 24.1. The zero-order valence-corrected chi connectivity index (χ0v) is 19.3. The normalized spacial score (nSPS) is 15.7. The van der Waals surface area contributed by atoms with Gasteiger partial charge in [-0.25, -0.2) is 4.98 Å². The molecule has 5 rings (SSSR count). The number of anilines is 1. The zero-order valence-electron chi connectivity index (χ0n) is 19.3. The number of fused-ring (bicyclic) bond motifs is 1. The predicted octanol–water partition coefficient (Wildman–Crippen LogP) is 3.26. The van der Waals surface area contributed by atoms with Crippen LogP contribution in [-0.4, -0.2) is 39.4 Å². The fourth-order valence-electron chi connectivity index (χ4n) is 3.95. The molecule has 33 heavy (non-hydrogen) atoms. The monoisotopic (exact) mass is 448 g/mol. The molecule has 1 aliphatic carbocycles. The molecular formula is C24H28N6O3. The van der Waals surface area contributed by atoms with Gasteiger partial charge in [-0.15, -0.1) is 0 Å². The molecule has 2 aliphatic rings. The smallest absolute Gasteiger partial charge is 0.260 e. The molecule has 0 aromatic carbocycles. The molecule has 0 spiro atoms. The Balaban J connectivity index is 1.45. The van der Waals surface area contributed by atoms with Gasteiger partial charge in [-0.05, 0) is 57.2 Å². The molecule has 0 saturated heterocycles. The van der Waals surface area contributed by atoms with Crippen molar-refractivity contribution in [3.05, 3.63) is 47.5 Å². The van der Waals surface area contributed by atoms with Crippen LogP contribution in [0.4, 0.5) is 5.69 Å². The predicted molar refractivity (Wildman–Crippen MR) is 123 cm³/mol. The van der Waals surface area contributed by atoms with Crippen molar-refractivity contribution in [1.82, 2.24) is 19.7 Å². The number of nitrogens with two attached hydrogens (primary N) is 1. The lowest BCUT2D eigenvalue weighted by Gasteiger charge is -2.19. The molecular weight excluding hydrogens is 420 g/mol. The fraction of sp³-hybridized carbons (Fsp3) is 0.417. The Hall–Kier alpha value is -3.46. The maximum absolute atomic E-state index is 13.2. The molecule has 0 atom stereocenters. The Kier molecular flexibility index (Phi) is 5.08. The van der Waals surface area contributed by atoms with Gasteiger partial charge in [-0.1, -0.05) is 0 Å². The van der Waals surface area contributed by atoms with Crippen LogP contribution < -0.4 is 20.1 Å². The maximum atomic E-state index is 13.2. The van der Waals surface area contributed by atoms with Gasteiger partial charge in [0, 0.05) is 11.8 Å². The lowest BCUT2D eigenvalue weighted by Crippen LogP contribution is -2.36. The molecule has 0 bridgehead atoms. The van der Waals surface area contributed by atoms with Crippen LogP contribution in [0.2, 0.25) is 0 Å². The average Bonchev–Trinajstić information content (AvgIpc) is 3.35. The van der Waals surface area contributed by atoms with Gasteiger partial charge < -0.3 is 15.2 Å². The number of aromatic nitrogens is 4. The van der Waals surface area contributed by atoms with Crippen molar-refractivity contribution in [3.63, 3.8) is 0 Å². The van der Waals surface area contributed by atoms with E-state index in [0.29, 0.717) is 41.9 Å². The Morgan fingerprint density at radius 3 is 2.70 bits per heavy atom. The van der Waals surface area contributed by atoms with E-state index in [2.05, 4.69) is 10.1 Å². The van der Waals surface area contributed by atoms with Gasteiger partial charge in [-0.3, -0.25) is 19.4 Å². The molecule has 1 amide bonds. The van der Waals surface area contributed by atoms with Crippen LogP contribution in [0.15, 0.2) is 30.7 Å². The van der Waals surface area contributed by atoms with Gasteiger partial charge in [0.25, 0.3) is 11.8 Å². The van der Waals surface area contributed by atoms with E-state index in [9.17, 15) is 4.79 Å². The van der Waals surface area contributed by atoms with Crippen molar-refractivity contribution >= 4 is 11.6 Å². The highest BCUT2D eigenvalue weighted by molar-refractivity contribution is 6.10. The fourth-order valence-corrected chi connectivity index (χ4v) is 3.95. The van der Waals surface area contributed by atoms with E-state index in [-0.39, 0.29) is 5.91 Å². The van der Waals surface area contributed by atoms with Crippen LogP contribution in [0.25, 0.3) is 11.3 Å². The number of hydrogen-bond donors (Lipinski definition) is 1. The van der Waals surface area contributed by atoms with Crippen LogP contribution in [0.3, 0.4) is 0 Å². The largest absolute Gasteiger partial charge is 0.488 e. The van der Waals surface area contributed by atoms with Crippen LogP contribution in [0, 0.1) is 12.8 Å². The van der Waals surface area contributed by atoms with E-state index in [1.165, 1.54) is 12.8 Å². The summed E-state index contributed by atoms with van der Waals surface area (Å²) >= 11 is 0. The number of amides is 1. The molecule has 3 aromatic heterocycles. The molecule has 0 unspecified atom stereocenters. The summed E-state index contributed by atoms with van der Waals surface area (Å²) in [5.41, 5.74) is 9.95. The summed E-state index contributed by atoms with van der Waals surface area (Å²) in [6, 6.07) is 3.82. The summed E-state index contributed by atoms with van der Waals surface area (Å²) in [5, 5.41) is 4.32. The van der Waals surface area contributed by atoms with E-state index < -0.39 is 5.66 Å². The van der Waals surface area contributed by atoms with E-state index in [0.717, 1.165) is 22.5 Å². The van der Waals surface area contributed by atoms with Crippen molar-refractivity contribution in [2.75, 3.05) is 18.6 Å². The Bertz CT molecular complexity index is 1230. The van der Waals surface area contributed by atoms with Gasteiger partial charge >= 0.3 is 0 Å². The molecule has 1 saturated carbocycles. The van der Waals surface area contributed by atoms with Gasteiger partial charge in [-0.2, -0.15) is 5.10 Å². The van der Waals surface area contributed by atoms with Gasteiger partial charge in [0.1, 0.15) is 5.66 Å². The molecule has 2 N–H and O–H groups in total. The SMILES string of the molecule is COc1ncc(-c2cc(C)c3c(n2)CN(c2cnn(C(C)(C)N)c2)C3=O)cc1OCC1CC1. The van der Waals surface area contributed by atoms with Crippen molar-refractivity contribution < 1.29 is 14.3 Å². The summed E-state index contributed by atoms with van der Waals surface area (Å²) in [7, 11) is 1.58. The van der Waals surface area contributed by atoms with E-state index in [1.54, 1.807) is 35.3 Å². The first kappa shape index (κ1) is 21.4. The van der Waals surface area contributed by atoms with Crippen molar-refractivity contribution in [3.8, 4) is 22.9 Å². The lowest BCUT2D eigenvalue weighted by molar-refractivity contribution is 0.0996. The third-order valence-electron chi connectivity index (χ3n) is 6.01. The van der Waals surface area contributed by atoms with Crippen molar-refractivity contribution in [2.45, 2.75) is 45.8 Å². The Labute approximate surface area is 192 Å². The second-order valence-electron chi connectivity index (χ2n) is 9.32. The van der Waals surface area contributed by atoms with Crippen LogP contribution in [0.5, 0.6) is 11.6 Å². The summed E-state index contributed by atoms with van der Waals surface area (Å²) in [6.07, 6.45) is 7.57. The molecule has 0 radical (unpaired) electrons. The number of methoxy groups -OCH3 is 1. The maximum Gasteiger partial charge on any atom is 0.260 e. The Morgan fingerprint density at radius 2 is 2.03 bits per heavy atom. The minimum atomic E-state index is -0.657. The second-order valence-corrected chi connectivity index (χ2v) is 9.32. The standard InChI is InChI=1S/C24H28N6O3/c1-14-7-18(16-8-20(22(32-4)26-9-16)33-13-15-5-6-15)28-19-12-29(23(31)21(14)19)17-10-27-30(11-17)24(2,3)25/h7-11,15H,5-6,12-13,25H2,1-4H3. The number of pyridine rings is 2. The van der Waals surface area contributed by atoms with Gasteiger partial charge in [0.05, 0.1) is 55.3 Å². The van der Waals surface area contributed by atoms with Gasteiger partial charge in [0.15, 0.2) is 5.75 Å². The first-order valence-corrected chi connectivity index (χ1v) is 11.1. The summed E-state index contributed by atoms with van der Waals surface area (Å²) in [5.74, 6) is 1.59. The molecule has 9 nitrogen and oxygen atoms in total. The number of nitrogens with zero attached hydrogens (tertiary/aromatic N) is 5. The first-order valence-electron chi connectivity index (χ1n) is 11.1. The third-order valence-corrected chi connectivity index (χ3v) is 6.01. The average molecular weight is 449 g/mol. The molecule has 9 heteroatoms. The molecule has 4 heterocycles. The molecule has 3 aromatic rings. The van der Waals surface area contributed by atoms with Crippen LogP contribution >= 0.6 is 0 Å². The third kappa shape index (κ3) is 4.04. The quantitative estimate of drug-likeness (QED) is 0.591. The number of carbonyl (C=O) groups excluding carboxylic acids is 1. The highest BCUT2D eigenvalue weighted by atomic mass is 16.5. The number of aryl methyl sites for hydroxylation is 1. The summed E-state index contributed by atoms with van der Waals surface area (Å²) in [6.45, 7) is 6.67. The van der Waals surface area contributed by atoms with Crippen LogP contribution in [0.1, 0.15) is 48.3 Å². The first-order chi connectivity index (χ1) is 15.7. The molecule has 172 valence electrons. The second kappa shape index (κ2) is 7.84. The van der Waals surface area contributed by atoms with E-state index in [1.807, 2.05) is 32.9 Å².